The van der Waals surface area contributed by atoms with Gasteiger partial charge in [0.15, 0.2) is 0 Å². The Balaban J connectivity index is 3.11. The minimum Gasteiger partial charge on any atom is -0.496 e. The highest BCUT2D eigenvalue weighted by atomic mass is 16.6. The van der Waals surface area contributed by atoms with Gasteiger partial charge >= 0.3 is 5.97 Å². The first kappa shape index (κ1) is 11.7. The number of hydrogen-bond donors (Lipinski definition) is 1. The third-order valence-corrected chi connectivity index (χ3v) is 1.83. The highest BCUT2D eigenvalue weighted by Gasteiger charge is 2.09. The quantitative estimate of drug-likeness (QED) is 0.476. The average molecular weight is 223 g/mol. The van der Waals surface area contributed by atoms with Gasteiger partial charge in [-0.1, -0.05) is 0 Å². The van der Waals surface area contributed by atoms with E-state index < -0.39 is 10.9 Å². The molecule has 0 spiro atoms. The van der Waals surface area contributed by atoms with Gasteiger partial charge in [0.05, 0.1) is 18.1 Å². The molecule has 0 saturated heterocycles. The normalized spacial score (nSPS) is 10.3. The number of nitrogens with zero attached hydrogens (tertiary/aromatic N) is 1. The third kappa shape index (κ3) is 2.81. The minimum atomic E-state index is -1.10. The van der Waals surface area contributed by atoms with E-state index in [1.165, 1.54) is 31.4 Å². The van der Waals surface area contributed by atoms with E-state index in [9.17, 15) is 14.9 Å². The van der Waals surface area contributed by atoms with Gasteiger partial charge in [-0.2, -0.15) is 0 Å². The fourth-order valence-corrected chi connectivity index (χ4v) is 1.11. The van der Waals surface area contributed by atoms with Gasteiger partial charge in [-0.25, -0.2) is 4.79 Å². The number of hydrogen-bond acceptors (Lipinski definition) is 4. The lowest BCUT2D eigenvalue weighted by Gasteiger charge is -2.03. The first-order valence-electron chi connectivity index (χ1n) is 4.28. The van der Waals surface area contributed by atoms with Gasteiger partial charge in [-0.15, -0.1) is 0 Å². The van der Waals surface area contributed by atoms with Crippen molar-refractivity contribution < 1.29 is 19.6 Å². The molecule has 0 fully saturated rings. The van der Waals surface area contributed by atoms with Crippen LogP contribution >= 0.6 is 0 Å². The van der Waals surface area contributed by atoms with Gasteiger partial charge in [0.1, 0.15) is 5.75 Å². The highest BCUT2D eigenvalue weighted by molar-refractivity contribution is 5.86. The number of nitro groups is 1. The van der Waals surface area contributed by atoms with Gasteiger partial charge in [0, 0.05) is 17.7 Å². The molecule has 6 nitrogen and oxygen atoms in total. The van der Waals surface area contributed by atoms with Crippen LogP contribution in [0.25, 0.3) is 6.08 Å². The number of benzene rings is 1. The van der Waals surface area contributed by atoms with E-state index in [2.05, 4.69) is 0 Å². The number of carboxylic acid groups (broad SMARTS) is 1. The number of methoxy groups -OCH3 is 1. The number of non-ortho nitro benzene ring substituents is 1. The van der Waals surface area contributed by atoms with Crippen LogP contribution in [0.3, 0.4) is 0 Å². The summed E-state index contributed by atoms with van der Waals surface area (Å²) < 4.78 is 4.92. The third-order valence-electron chi connectivity index (χ3n) is 1.83. The zero-order valence-corrected chi connectivity index (χ0v) is 8.41. The summed E-state index contributed by atoms with van der Waals surface area (Å²) in [5.74, 6) is -0.841. The zero-order chi connectivity index (χ0) is 12.1. The molecule has 84 valence electrons. The number of ether oxygens (including phenoxy) is 1. The number of rotatable bonds is 4. The van der Waals surface area contributed by atoms with Crippen LogP contribution in [0.5, 0.6) is 5.75 Å². The number of aliphatic carboxylic acids is 1. The second-order valence-electron chi connectivity index (χ2n) is 2.85. The van der Waals surface area contributed by atoms with Crippen LogP contribution in [0.1, 0.15) is 5.56 Å². The van der Waals surface area contributed by atoms with Crippen LogP contribution < -0.4 is 4.74 Å². The van der Waals surface area contributed by atoms with Crippen molar-refractivity contribution in [2.75, 3.05) is 7.11 Å². The first-order valence-corrected chi connectivity index (χ1v) is 4.28. The molecule has 0 aromatic heterocycles. The predicted molar refractivity (Wildman–Crippen MR) is 56.3 cm³/mol. The molecule has 0 atom stereocenters. The molecule has 1 N–H and O–H groups in total. The molecule has 0 aliphatic carbocycles. The number of nitro benzene ring substituents is 1. The molecule has 0 aliphatic rings. The standard InChI is InChI=1S/C10H9NO5/c1-16-9-6-8(11(14)15)4-2-7(9)3-5-10(12)13/h2-6H,1H3,(H,12,13)/b5-3-. The van der Waals surface area contributed by atoms with Gasteiger partial charge in [-0.05, 0) is 12.1 Å². The van der Waals surface area contributed by atoms with Crippen LogP contribution in [0.15, 0.2) is 24.3 Å². The number of carboxylic acids is 1. The van der Waals surface area contributed by atoms with Crippen molar-refractivity contribution in [3.63, 3.8) is 0 Å². The molecule has 0 unspecified atom stereocenters. The summed E-state index contributed by atoms with van der Waals surface area (Å²) in [6, 6.07) is 3.95. The zero-order valence-electron chi connectivity index (χ0n) is 8.41. The van der Waals surface area contributed by atoms with Crippen molar-refractivity contribution in [2.24, 2.45) is 0 Å². The first-order chi connectivity index (χ1) is 7.54. The molecule has 0 saturated carbocycles. The van der Waals surface area contributed by atoms with Crippen LogP contribution in [0, 0.1) is 10.1 Å². The fourth-order valence-electron chi connectivity index (χ4n) is 1.11. The van der Waals surface area contributed by atoms with Crippen LogP contribution in [-0.2, 0) is 4.79 Å². The summed E-state index contributed by atoms with van der Waals surface area (Å²) in [5, 5.41) is 18.9. The molecular weight excluding hydrogens is 214 g/mol. The van der Waals surface area contributed by atoms with Gasteiger partial charge < -0.3 is 9.84 Å². The molecule has 0 bridgehead atoms. The van der Waals surface area contributed by atoms with Gasteiger partial charge in [-0.3, -0.25) is 10.1 Å². The Hall–Kier alpha value is -2.37. The summed E-state index contributed by atoms with van der Waals surface area (Å²) in [7, 11) is 1.36. The molecule has 6 heteroatoms. The highest BCUT2D eigenvalue weighted by Crippen LogP contribution is 2.25. The van der Waals surface area contributed by atoms with Gasteiger partial charge in [0.25, 0.3) is 5.69 Å². The maximum absolute atomic E-state index is 10.5. The van der Waals surface area contributed by atoms with Crippen molar-refractivity contribution in [1.82, 2.24) is 0 Å². The summed E-state index contributed by atoms with van der Waals surface area (Å²) in [6.07, 6.45) is 2.24. The maximum Gasteiger partial charge on any atom is 0.328 e. The summed E-state index contributed by atoms with van der Waals surface area (Å²) in [4.78, 5) is 20.2. The maximum atomic E-state index is 10.5. The van der Waals surface area contributed by atoms with E-state index >= 15 is 0 Å². The average Bonchev–Trinajstić information content (AvgIpc) is 2.25. The van der Waals surface area contributed by atoms with E-state index in [0.717, 1.165) is 6.08 Å². The molecule has 0 heterocycles. The molecule has 0 amide bonds. The topological polar surface area (TPSA) is 89.7 Å². The second kappa shape index (κ2) is 4.92. The number of carbonyl (C=O) groups is 1. The minimum absolute atomic E-state index is 0.107. The molecule has 1 aromatic carbocycles. The van der Waals surface area contributed by atoms with E-state index in [0.29, 0.717) is 5.56 Å². The second-order valence-corrected chi connectivity index (χ2v) is 2.85. The molecule has 0 aliphatic heterocycles. The monoisotopic (exact) mass is 223 g/mol. The molecule has 0 radical (unpaired) electrons. The van der Waals surface area contributed by atoms with Crippen molar-refractivity contribution in [1.29, 1.82) is 0 Å². The summed E-state index contributed by atoms with van der Waals surface area (Å²) >= 11 is 0. The van der Waals surface area contributed by atoms with E-state index in [-0.39, 0.29) is 11.4 Å². The smallest absolute Gasteiger partial charge is 0.328 e. The van der Waals surface area contributed by atoms with Crippen molar-refractivity contribution in [3.05, 3.63) is 40.0 Å². The Morgan fingerprint density at radius 3 is 2.75 bits per heavy atom. The van der Waals surface area contributed by atoms with Crippen LogP contribution in [-0.4, -0.2) is 23.1 Å². The fraction of sp³-hybridized carbons (Fsp3) is 0.100. The van der Waals surface area contributed by atoms with Crippen LogP contribution in [0.2, 0.25) is 0 Å². The summed E-state index contributed by atoms with van der Waals surface area (Å²) in [5.41, 5.74) is 0.361. The van der Waals surface area contributed by atoms with E-state index in [1.807, 2.05) is 0 Å². The molecule has 16 heavy (non-hydrogen) atoms. The van der Waals surface area contributed by atoms with Crippen LogP contribution in [0.4, 0.5) is 5.69 Å². The summed E-state index contributed by atoms with van der Waals surface area (Å²) in [6.45, 7) is 0. The Labute approximate surface area is 90.9 Å². The Kier molecular flexibility index (Phi) is 3.60. The molecule has 1 rings (SSSR count). The Morgan fingerprint density at radius 2 is 2.25 bits per heavy atom. The van der Waals surface area contributed by atoms with Gasteiger partial charge in [0.2, 0.25) is 0 Å². The van der Waals surface area contributed by atoms with E-state index in [1.54, 1.807) is 0 Å². The van der Waals surface area contributed by atoms with E-state index in [4.69, 9.17) is 9.84 Å². The Morgan fingerprint density at radius 1 is 1.56 bits per heavy atom. The van der Waals surface area contributed by atoms with Crippen molar-refractivity contribution in [2.45, 2.75) is 0 Å². The largest absolute Gasteiger partial charge is 0.496 e. The van der Waals surface area contributed by atoms with Crippen molar-refractivity contribution in [3.8, 4) is 5.75 Å². The molecular formula is C10H9NO5. The Bertz CT molecular complexity index is 453. The lowest BCUT2D eigenvalue weighted by Crippen LogP contribution is -1.92. The molecule has 1 aromatic rings. The predicted octanol–water partition coefficient (Wildman–Crippen LogP) is 1.70. The lowest BCUT2D eigenvalue weighted by atomic mass is 10.1. The SMILES string of the molecule is COc1cc([N+](=O)[O-])ccc1/C=C\C(=O)O. The van der Waals surface area contributed by atoms with Crippen molar-refractivity contribution >= 4 is 17.7 Å². The lowest BCUT2D eigenvalue weighted by molar-refractivity contribution is -0.384.